The van der Waals surface area contributed by atoms with Crippen LogP contribution < -0.4 is 10.1 Å². The number of rotatable bonds is 7. The van der Waals surface area contributed by atoms with Gasteiger partial charge in [0, 0.05) is 10.9 Å². The fraction of sp³-hybridized carbons (Fsp3) is 0.174. The van der Waals surface area contributed by atoms with Crippen molar-refractivity contribution in [2.24, 2.45) is 0 Å². The molecular weight excluding hydrogens is 433 g/mol. The Morgan fingerprint density at radius 1 is 1.19 bits per heavy atom. The van der Waals surface area contributed by atoms with Crippen LogP contribution in [0, 0.1) is 5.82 Å². The first-order chi connectivity index (χ1) is 15.1. The molecule has 0 saturated carbocycles. The monoisotopic (exact) mass is 453 g/mol. The van der Waals surface area contributed by atoms with Gasteiger partial charge in [0.05, 0.1) is 23.4 Å². The van der Waals surface area contributed by atoms with Crippen LogP contribution >= 0.6 is 23.1 Å². The van der Waals surface area contributed by atoms with Crippen molar-refractivity contribution in [1.29, 1.82) is 0 Å². The molecule has 1 N–H and O–H groups in total. The van der Waals surface area contributed by atoms with Gasteiger partial charge in [0.25, 0.3) is 0 Å². The number of thioether (sulfide) groups is 1. The van der Waals surface area contributed by atoms with Crippen LogP contribution in [0.1, 0.15) is 13.3 Å². The fourth-order valence-corrected chi connectivity index (χ4v) is 5.21. The molecule has 158 valence electrons. The summed E-state index contributed by atoms with van der Waals surface area (Å²) in [6.07, 6.45) is 2.13. The standard InChI is InChI=1S/C23H20FN3O2S2/c1-3-19(21(28)27-17-6-4-5-7-18(17)29-2)31-23-20-16(12-30-22(20)25-13-26-23)14-8-10-15(24)11-9-14/h4-13,19H,3H2,1-2H3,(H,27,28). The first kappa shape index (κ1) is 21.3. The Bertz CT molecular complexity index is 1210. The number of hydrogen-bond acceptors (Lipinski definition) is 6. The fourth-order valence-electron chi connectivity index (χ4n) is 3.20. The van der Waals surface area contributed by atoms with Gasteiger partial charge in [0.15, 0.2) is 0 Å². The van der Waals surface area contributed by atoms with Crippen molar-refractivity contribution >= 4 is 44.9 Å². The number of fused-ring (bicyclic) bond motifs is 1. The van der Waals surface area contributed by atoms with Gasteiger partial charge in [0.2, 0.25) is 5.91 Å². The van der Waals surface area contributed by atoms with E-state index in [1.54, 1.807) is 25.3 Å². The lowest BCUT2D eigenvalue weighted by Crippen LogP contribution is -2.25. The number of halogens is 1. The summed E-state index contributed by atoms with van der Waals surface area (Å²) in [5.74, 6) is 0.201. The molecule has 2 aromatic carbocycles. The van der Waals surface area contributed by atoms with E-state index in [9.17, 15) is 9.18 Å². The molecular formula is C23H20FN3O2S2. The maximum atomic E-state index is 13.4. The number of ether oxygens (including phenoxy) is 1. The average molecular weight is 454 g/mol. The van der Waals surface area contributed by atoms with Crippen LogP contribution in [0.2, 0.25) is 0 Å². The van der Waals surface area contributed by atoms with E-state index in [0.29, 0.717) is 17.9 Å². The Hall–Kier alpha value is -2.97. The molecule has 4 aromatic rings. The highest BCUT2D eigenvalue weighted by Gasteiger charge is 2.23. The van der Waals surface area contributed by atoms with E-state index in [1.165, 1.54) is 41.6 Å². The second-order valence-corrected chi connectivity index (χ2v) is 8.77. The van der Waals surface area contributed by atoms with E-state index in [0.717, 1.165) is 26.4 Å². The summed E-state index contributed by atoms with van der Waals surface area (Å²) in [6.45, 7) is 1.96. The molecule has 2 aromatic heterocycles. The van der Waals surface area contributed by atoms with Gasteiger partial charge in [-0.1, -0.05) is 43.0 Å². The Labute approximate surface area is 187 Å². The first-order valence-electron chi connectivity index (χ1n) is 9.69. The summed E-state index contributed by atoms with van der Waals surface area (Å²) in [6, 6.07) is 13.7. The Morgan fingerprint density at radius 3 is 2.71 bits per heavy atom. The highest BCUT2D eigenvalue weighted by molar-refractivity contribution is 8.00. The minimum atomic E-state index is -0.357. The highest BCUT2D eigenvalue weighted by atomic mass is 32.2. The molecule has 1 unspecified atom stereocenters. The number of nitrogens with one attached hydrogen (secondary N) is 1. The van der Waals surface area contributed by atoms with Gasteiger partial charge in [-0.05, 0) is 36.2 Å². The molecule has 31 heavy (non-hydrogen) atoms. The number of amides is 1. The van der Waals surface area contributed by atoms with Gasteiger partial charge in [-0.15, -0.1) is 11.3 Å². The van der Waals surface area contributed by atoms with Crippen molar-refractivity contribution in [3.05, 3.63) is 66.1 Å². The lowest BCUT2D eigenvalue weighted by atomic mass is 10.1. The van der Waals surface area contributed by atoms with E-state index >= 15 is 0 Å². The van der Waals surface area contributed by atoms with Crippen molar-refractivity contribution in [1.82, 2.24) is 9.97 Å². The zero-order valence-electron chi connectivity index (χ0n) is 17.0. The number of hydrogen-bond donors (Lipinski definition) is 1. The van der Waals surface area contributed by atoms with Crippen molar-refractivity contribution in [3.63, 3.8) is 0 Å². The SMILES string of the molecule is CCC(Sc1ncnc2scc(-c3ccc(F)cc3)c12)C(=O)Nc1ccccc1OC. The van der Waals surface area contributed by atoms with E-state index in [2.05, 4.69) is 15.3 Å². The van der Waals surface area contributed by atoms with Crippen LogP contribution in [-0.4, -0.2) is 28.2 Å². The number of nitrogens with zero attached hydrogens (tertiary/aromatic N) is 2. The minimum Gasteiger partial charge on any atom is -0.495 e. The molecule has 1 atom stereocenters. The molecule has 0 radical (unpaired) electrons. The third-order valence-electron chi connectivity index (χ3n) is 4.77. The number of para-hydroxylation sites is 2. The van der Waals surface area contributed by atoms with Crippen LogP contribution in [-0.2, 0) is 4.79 Å². The van der Waals surface area contributed by atoms with Gasteiger partial charge >= 0.3 is 0 Å². The number of carbonyl (C=O) groups is 1. The summed E-state index contributed by atoms with van der Waals surface area (Å²) in [5, 5.41) is 6.21. The van der Waals surface area contributed by atoms with Crippen LogP contribution in [0.25, 0.3) is 21.3 Å². The molecule has 4 rings (SSSR count). The predicted octanol–water partition coefficient (Wildman–Crippen LogP) is 6.02. The quantitative estimate of drug-likeness (QED) is 0.274. The van der Waals surface area contributed by atoms with E-state index in [1.807, 2.05) is 30.5 Å². The summed E-state index contributed by atoms with van der Waals surface area (Å²) < 4.78 is 18.7. The summed E-state index contributed by atoms with van der Waals surface area (Å²) in [7, 11) is 1.57. The number of benzene rings is 2. The lowest BCUT2D eigenvalue weighted by molar-refractivity contribution is -0.115. The molecule has 0 fully saturated rings. The van der Waals surface area contributed by atoms with Crippen LogP contribution in [0.15, 0.2) is 65.3 Å². The van der Waals surface area contributed by atoms with Crippen LogP contribution in [0.3, 0.4) is 0 Å². The number of anilines is 1. The van der Waals surface area contributed by atoms with Gasteiger partial charge in [-0.3, -0.25) is 4.79 Å². The maximum Gasteiger partial charge on any atom is 0.238 e. The Kier molecular flexibility index (Phi) is 6.48. The largest absolute Gasteiger partial charge is 0.495 e. The molecule has 0 saturated heterocycles. The molecule has 0 spiro atoms. The van der Waals surface area contributed by atoms with Crippen LogP contribution in [0.4, 0.5) is 10.1 Å². The average Bonchev–Trinajstić information content (AvgIpc) is 3.23. The molecule has 2 heterocycles. The van der Waals surface area contributed by atoms with Crippen molar-refractivity contribution in [3.8, 4) is 16.9 Å². The number of methoxy groups -OCH3 is 1. The molecule has 0 aliphatic rings. The smallest absolute Gasteiger partial charge is 0.238 e. The maximum absolute atomic E-state index is 13.4. The molecule has 1 amide bonds. The number of thiophene rings is 1. The summed E-state index contributed by atoms with van der Waals surface area (Å²) >= 11 is 2.91. The lowest BCUT2D eigenvalue weighted by Gasteiger charge is -2.16. The molecule has 8 heteroatoms. The number of carbonyl (C=O) groups excluding carboxylic acids is 1. The first-order valence-corrected chi connectivity index (χ1v) is 11.4. The van der Waals surface area contributed by atoms with Gasteiger partial charge in [-0.25, -0.2) is 14.4 Å². The number of aromatic nitrogens is 2. The van der Waals surface area contributed by atoms with Crippen molar-refractivity contribution in [2.45, 2.75) is 23.6 Å². The Balaban J connectivity index is 1.64. The van der Waals surface area contributed by atoms with Gasteiger partial charge < -0.3 is 10.1 Å². The van der Waals surface area contributed by atoms with Gasteiger partial charge in [-0.2, -0.15) is 0 Å². The van der Waals surface area contributed by atoms with Crippen LogP contribution in [0.5, 0.6) is 5.75 Å². The van der Waals surface area contributed by atoms with E-state index in [-0.39, 0.29) is 17.0 Å². The molecule has 0 aliphatic heterocycles. The molecule has 0 aliphatic carbocycles. The van der Waals surface area contributed by atoms with Crippen molar-refractivity contribution < 1.29 is 13.9 Å². The zero-order chi connectivity index (χ0) is 21.8. The second-order valence-electron chi connectivity index (χ2n) is 6.72. The third kappa shape index (κ3) is 4.55. The van der Waals surface area contributed by atoms with E-state index < -0.39 is 0 Å². The summed E-state index contributed by atoms with van der Waals surface area (Å²) in [5.41, 5.74) is 2.45. The highest BCUT2D eigenvalue weighted by Crippen LogP contribution is 2.39. The normalized spacial score (nSPS) is 12.0. The predicted molar refractivity (Wildman–Crippen MR) is 124 cm³/mol. The molecule has 5 nitrogen and oxygen atoms in total. The van der Waals surface area contributed by atoms with Crippen molar-refractivity contribution in [2.75, 3.05) is 12.4 Å². The second kappa shape index (κ2) is 9.45. The molecule has 0 bridgehead atoms. The zero-order valence-corrected chi connectivity index (χ0v) is 18.6. The summed E-state index contributed by atoms with van der Waals surface area (Å²) in [4.78, 5) is 22.7. The topological polar surface area (TPSA) is 64.1 Å². The third-order valence-corrected chi connectivity index (χ3v) is 7.02. The Morgan fingerprint density at radius 2 is 1.97 bits per heavy atom. The van der Waals surface area contributed by atoms with Gasteiger partial charge in [0.1, 0.15) is 27.8 Å². The minimum absolute atomic E-state index is 0.123. The van der Waals surface area contributed by atoms with E-state index in [4.69, 9.17) is 4.74 Å².